The van der Waals surface area contributed by atoms with Crippen LogP contribution in [-0.2, 0) is 19.1 Å². The van der Waals surface area contributed by atoms with Crippen molar-refractivity contribution in [1.82, 2.24) is 0 Å². The lowest BCUT2D eigenvalue weighted by Gasteiger charge is -2.32. The molecule has 0 saturated carbocycles. The number of nitrogens with zero attached hydrogens (tertiary/aromatic N) is 1. The van der Waals surface area contributed by atoms with Crippen molar-refractivity contribution >= 4 is 17.6 Å². The summed E-state index contributed by atoms with van der Waals surface area (Å²) in [7, 11) is 0. The van der Waals surface area contributed by atoms with E-state index in [4.69, 9.17) is 9.47 Å². The Morgan fingerprint density at radius 2 is 2.16 bits per heavy atom. The van der Waals surface area contributed by atoms with E-state index in [0.29, 0.717) is 6.42 Å². The Morgan fingerprint density at radius 3 is 2.84 bits per heavy atom. The summed E-state index contributed by atoms with van der Waals surface area (Å²) in [5.41, 5.74) is 0.0228. The van der Waals surface area contributed by atoms with Gasteiger partial charge >= 0.3 is 5.97 Å². The Hall–Kier alpha value is -2.40. The Balaban J connectivity index is 1.79. The number of rotatable bonds is 5. The van der Waals surface area contributed by atoms with Crippen LogP contribution >= 0.6 is 0 Å². The lowest BCUT2D eigenvalue weighted by molar-refractivity contribution is -0.151. The zero-order chi connectivity index (χ0) is 17.6. The van der Waals surface area contributed by atoms with Crippen LogP contribution in [0.5, 0.6) is 0 Å². The number of anilines is 1. The maximum absolute atomic E-state index is 13.3. The van der Waals surface area contributed by atoms with Gasteiger partial charge in [-0.2, -0.15) is 0 Å². The van der Waals surface area contributed by atoms with Gasteiger partial charge in [0.2, 0.25) is 5.91 Å². The molecule has 5 nitrogen and oxygen atoms in total. The van der Waals surface area contributed by atoms with Crippen LogP contribution in [0.1, 0.15) is 13.3 Å². The highest BCUT2D eigenvalue weighted by Gasteiger charge is 2.71. The molecule has 0 radical (unpaired) electrons. The number of carbonyl (C=O) groups is 2. The molecule has 1 aromatic carbocycles. The minimum Gasteiger partial charge on any atom is -0.466 e. The summed E-state index contributed by atoms with van der Waals surface area (Å²) >= 11 is 0. The van der Waals surface area contributed by atoms with Gasteiger partial charge in [-0.3, -0.25) is 9.59 Å². The molecule has 0 N–H and O–H groups in total. The van der Waals surface area contributed by atoms with Crippen LogP contribution in [0.25, 0.3) is 0 Å². The number of para-hydroxylation sites is 1. The van der Waals surface area contributed by atoms with Crippen molar-refractivity contribution < 1.29 is 19.1 Å². The van der Waals surface area contributed by atoms with Gasteiger partial charge in [0.15, 0.2) is 0 Å². The van der Waals surface area contributed by atoms with E-state index in [1.807, 2.05) is 42.5 Å². The summed E-state index contributed by atoms with van der Waals surface area (Å²) in [5.74, 6) is -1.57. The molecule has 0 aromatic heterocycles. The molecule has 3 heterocycles. The second kappa shape index (κ2) is 5.85. The molecule has 3 aliphatic rings. The molecule has 0 aliphatic carbocycles. The van der Waals surface area contributed by atoms with Crippen LogP contribution in [0.15, 0.2) is 55.1 Å². The molecule has 5 heteroatoms. The van der Waals surface area contributed by atoms with Gasteiger partial charge in [0.05, 0.1) is 24.7 Å². The Bertz CT molecular complexity index is 743. The number of amides is 1. The summed E-state index contributed by atoms with van der Waals surface area (Å²) in [6.45, 7) is 5.90. The van der Waals surface area contributed by atoms with E-state index in [-0.39, 0.29) is 24.5 Å². The van der Waals surface area contributed by atoms with Gasteiger partial charge in [0.1, 0.15) is 11.5 Å². The molecule has 5 atom stereocenters. The van der Waals surface area contributed by atoms with Crippen LogP contribution in [0.2, 0.25) is 0 Å². The summed E-state index contributed by atoms with van der Waals surface area (Å²) < 4.78 is 11.5. The van der Waals surface area contributed by atoms with Gasteiger partial charge in [-0.1, -0.05) is 36.4 Å². The van der Waals surface area contributed by atoms with Crippen LogP contribution in [0, 0.1) is 11.8 Å². The predicted molar refractivity (Wildman–Crippen MR) is 92.9 cm³/mol. The average molecular weight is 339 g/mol. The number of ether oxygens (including phenoxy) is 2. The minimum absolute atomic E-state index is 0.0806. The smallest absolute Gasteiger partial charge is 0.312 e. The molecule has 130 valence electrons. The van der Waals surface area contributed by atoms with E-state index in [1.54, 1.807) is 17.9 Å². The third kappa shape index (κ3) is 2.12. The van der Waals surface area contributed by atoms with Gasteiger partial charge in [-0.15, -0.1) is 6.58 Å². The fraction of sp³-hybridized carbons (Fsp3) is 0.400. The van der Waals surface area contributed by atoms with Crippen LogP contribution in [0.4, 0.5) is 5.69 Å². The lowest BCUT2D eigenvalue weighted by Crippen LogP contribution is -2.45. The molecule has 2 bridgehead atoms. The molecule has 1 amide bonds. The summed E-state index contributed by atoms with van der Waals surface area (Å²) in [4.78, 5) is 27.6. The fourth-order valence-electron chi connectivity index (χ4n) is 4.50. The predicted octanol–water partition coefficient (Wildman–Crippen LogP) is 2.48. The number of hydrogen-bond donors (Lipinski definition) is 0. The first-order valence-electron chi connectivity index (χ1n) is 8.67. The van der Waals surface area contributed by atoms with Gasteiger partial charge in [0, 0.05) is 5.69 Å². The van der Waals surface area contributed by atoms with E-state index in [9.17, 15) is 9.59 Å². The summed E-state index contributed by atoms with van der Waals surface area (Å²) in [6.07, 6.45) is 5.86. The van der Waals surface area contributed by atoms with Crippen LogP contribution < -0.4 is 4.90 Å². The van der Waals surface area contributed by atoms with Gasteiger partial charge in [-0.25, -0.2) is 0 Å². The van der Waals surface area contributed by atoms with E-state index in [2.05, 4.69) is 6.58 Å². The minimum atomic E-state index is -0.788. The maximum Gasteiger partial charge on any atom is 0.312 e. The van der Waals surface area contributed by atoms with Crippen molar-refractivity contribution in [2.24, 2.45) is 11.8 Å². The zero-order valence-electron chi connectivity index (χ0n) is 14.1. The topological polar surface area (TPSA) is 55.8 Å². The highest BCUT2D eigenvalue weighted by molar-refractivity contribution is 6.03. The number of esters is 1. The number of benzene rings is 1. The van der Waals surface area contributed by atoms with Crippen LogP contribution in [0.3, 0.4) is 0 Å². The normalized spacial score (nSPS) is 35.1. The number of fused-ring (bicyclic) bond motifs is 1. The Morgan fingerprint density at radius 1 is 1.40 bits per heavy atom. The molecule has 2 fully saturated rings. The summed E-state index contributed by atoms with van der Waals surface area (Å²) in [6, 6.07) is 9.30. The second-order valence-electron chi connectivity index (χ2n) is 6.63. The standard InChI is InChI=1S/C20H21NO4/c1-3-8-15-20-12-11-14(25-20)16(19(23)24-4-2)17(20)18(22)21(15)13-9-6-5-7-10-13/h3,5-7,9-12,14-17H,1,4,8H2,2H3/t14-,15+,16-,17-,20-/m0/s1. The first-order valence-corrected chi connectivity index (χ1v) is 8.67. The Kier molecular flexibility index (Phi) is 3.76. The highest BCUT2D eigenvalue weighted by Crippen LogP contribution is 2.56. The lowest BCUT2D eigenvalue weighted by atomic mass is 9.74. The number of carbonyl (C=O) groups excluding carboxylic acids is 2. The largest absolute Gasteiger partial charge is 0.466 e. The summed E-state index contributed by atoms with van der Waals surface area (Å²) in [5, 5.41) is 0. The SMILES string of the molecule is C=CC[C@H]1N(c2ccccc2)C(=O)[C@@H]2[C@@H](C(=O)OCC)[C@@H]3C=C[C@@]21O3. The fourth-order valence-corrected chi connectivity index (χ4v) is 4.50. The molecule has 1 aromatic rings. The van der Waals surface area contributed by atoms with E-state index in [1.165, 1.54) is 0 Å². The van der Waals surface area contributed by atoms with Crippen LogP contribution in [-0.4, -0.2) is 36.2 Å². The van der Waals surface area contributed by atoms with Crippen molar-refractivity contribution in [3.63, 3.8) is 0 Å². The first-order chi connectivity index (χ1) is 12.1. The Labute approximate surface area is 146 Å². The van der Waals surface area contributed by atoms with Crippen molar-refractivity contribution in [1.29, 1.82) is 0 Å². The molecule has 1 spiro atoms. The third-order valence-corrected chi connectivity index (χ3v) is 5.40. The van der Waals surface area contributed by atoms with E-state index in [0.717, 1.165) is 5.69 Å². The monoisotopic (exact) mass is 339 g/mol. The molecule has 2 saturated heterocycles. The molecule has 3 aliphatic heterocycles. The van der Waals surface area contributed by atoms with Crippen molar-refractivity contribution in [3.05, 3.63) is 55.1 Å². The zero-order valence-corrected chi connectivity index (χ0v) is 14.1. The van der Waals surface area contributed by atoms with Crippen molar-refractivity contribution in [3.8, 4) is 0 Å². The van der Waals surface area contributed by atoms with Gasteiger partial charge in [-0.05, 0) is 25.5 Å². The molecular weight excluding hydrogens is 318 g/mol. The molecule has 0 unspecified atom stereocenters. The van der Waals surface area contributed by atoms with E-state index < -0.39 is 23.5 Å². The van der Waals surface area contributed by atoms with Gasteiger partial charge in [0.25, 0.3) is 0 Å². The maximum atomic E-state index is 13.3. The van der Waals surface area contributed by atoms with Crippen molar-refractivity contribution in [2.45, 2.75) is 31.1 Å². The van der Waals surface area contributed by atoms with E-state index >= 15 is 0 Å². The second-order valence-corrected chi connectivity index (χ2v) is 6.63. The van der Waals surface area contributed by atoms with Crippen molar-refractivity contribution in [2.75, 3.05) is 11.5 Å². The number of hydrogen-bond acceptors (Lipinski definition) is 4. The highest BCUT2D eigenvalue weighted by atomic mass is 16.6. The van der Waals surface area contributed by atoms with Gasteiger partial charge < -0.3 is 14.4 Å². The molecular formula is C20H21NO4. The average Bonchev–Trinajstić information content (AvgIpc) is 3.25. The molecule has 4 rings (SSSR count). The molecule has 25 heavy (non-hydrogen) atoms. The first kappa shape index (κ1) is 16.1. The quantitative estimate of drug-likeness (QED) is 0.611. The third-order valence-electron chi connectivity index (χ3n) is 5.40.